The van der Waals surface area contributed by atoms with E-state index >= 15 is 0 Å². The molecular formula is C22H27BCl2N2O8. The minimum absolute atomic E-state index is 0.000127. The molecule has 2 rings (SSSR count). The third-order valence-corrected chi connectivity index (χ3v) is 5.83. The lowest BCUT2D eigenvalue weighted by molar-refractivity contribution is -0.163. The summed E-state index contributed by atoms with van der Waals surface area (Å²) in [7, 11) is -1.39. The average molecular weight is 529 g/mol. The number of halogens is 2. The number of nitrogens with one attached hydrogen (secondary N) is 2. The quantitative estimate of drug-likeness (QED) is 0.371. The van der Waals surface area contributed by atoms with E-state index < -0.39 is 67.6 Å². The van der Waals surface area contributed by atoms with E-state index in [4.69, 9.17) is 32.5 Å². The first kappa shape index (κ1) is 28.6. The van der Waals surface area contributed by atoms with E-state index in [-0.39, 0.29) is 29.3 Å². The summed E-state index contributed by atoms with van der Waals surface area (Å²) in [5.74, 6) is -4.83. The molecule has 10 nitrogen and oxygen atoms in total. The second kappa shape index (κ2) is 12.4. The normalized spacial score (nSPS) is 18.6. The van der Waals surface area contributed by atoms with Gasteiger partial charge < -0.3 is 25.0 Å². The number of carboxylic acids is 1. The van der Waals surface area contributed by atoms with Crippen LogP contribution in [0.3, 0.4) is 0 Å². The van der Waals surface area contributed by atoms with Crippen LogP contribution in [0.5, 0.6) is 0 Å². The predicted molar refractivity (Wildman–Crippen MR) is 128 cm³/mol. The Morgan fingerprint density at radius 1 is 1.23 bits per heavy atom. The Labute approximate surface area is 213 Å². The van der Waals surface area contributed by atoms with Gasteiger partial charge in [0, 0.05) is 11.4 Å². The van der Waals surface area contributed by atoms with Gasteiger partial charge in [-0.1, -0.05) is 44.0 Å². The minimum Gasteiger partial charge on any atom is -0.508 e. The number of amides is 2. The number of benzene rings is 1. The summed E-state index contributed by atoms with van der Waals surface area (Å²) in [5, 5.41) is 14.8. The lowest BCUT2D eigenvalue weighted by atomic mass is 9.70. The zero-order chi connectivity index (χ0) is 26.3. The fourth-order valence-corrected chi connectivity index (χ4v) is 4.10. The molecule has 3 N–H and O–H groups in total. The van der Waals surface area contributed by atoms with Gasteiger partial charge in [0.15, 0.2) is 5.78 Å². The number of ketones is 1. The van der Waals surface area contributed by atoms with Crippen LogP contribution in [0.25, 0.3) is 0 Å². The Hall–Kier alpha value is -2.63. The van der Waals surface area contributed by atoms with Crippen molar-refractivity contribution in [2.24, 2.45) is 5.92 Å². The molecule has 0 spiro atoms. The van der Waals surface area contributed by atoms with Gasteiger partial charge in [0.1, 0.15) is 5.60 Å². The largest absolute Gasteiger partial charge is 0.552 e. The molecule has 2 amide bonds. The fraction of sp³-hybridized carbons (Fsp3) is 0.500. The molecule has 1 saturated heterocycles. The van der Waals surface area contributed by atoms with Crippen LogP contribution in [-0.2, 0) is 28.5 Å². The Balaban J connectivity index is 2.16. The van der Waals surface area contributed by atoms with Crippen molar-refractivity contribution in [1.29, 1.82) is 0 Å². The summed E-state index contributed by atoms with van der Waals surface area (Å²) in [6, 6.07) is 4.33. The van der Waals surface area contributed by atoms with Crippen LogP contribution in [0.15, 0.2) is 18.2 Å². The molecule has 1 aromatic carbocycles. The molecule has 0 aromatic heterocycles. The van der Waals surface area contributed by atoms with E-state index in [2.05, 4.69) is 10.6 Å². The highest BCUT2D eigenvalue weighted by molar-refractivity contribution is 6.50. The summed E-state index contributed by atoms with van der Waals surface area (Å²) in [6.07, 6.45) is -1.03. The maximum Gasteiger partial charge on any atom is 0.552 e. The van der Waals surface area contributed by atoms with Crippen molar-refractivity contribution < 1.29 is 38.4 Å². The summed E-state index contributed by atoms with van der Waals surface area (Å²) >= 11 is 11.9. The molecule has 1 aliphatic heterocycles. The van der Waals surface area contributed by atoms with E-state index in [1.165, 1.54) is 25.1 Å². The Morgan fingerprint density at radius 3 is 2.51 bits per heavy atom. The molecule has 0 unspecified atom stereocenters. The van der Waals surface area contributed by atoms with Crippen LogP contribution >= 0.6 is 23.2 Å². The van der Waals surface area contributed by atoms with Crippen molar-refractivity contribution in [2.75, 3.05) is 6.54 Å². The fourth-order valence-electron chi connectivity index (χ4n) is 3.72. The third-order valence-electron chi connectivity index (χ3n) is 5.27. The number of rotatable bonds is 11. The van der Waals surface area contributed by atoms with Gasteiger partial charge in [0.05, 0.1) is 35.9 Å². The van der Waals surface area contributed by atoms with Crippen LogP contribution in [0, 0.1) is 5.92 Å². The maximum absolute atomic E-state index is 12.6. The lowest BCUT2D eigenvalue weighted by Crippen LogP contribution is -2.61. The number of hydrogen-bond donors (Lipinski definition) is 3. The van der Waals surface area contributed by atoms with Crippen LogP contribution in [-0.4, -0.2) is 59.8 Å². The molecule has 1 heterocycles. The maximum atomic E-state index is 12.6. The number of carboxylic acid groups (broad SMARTS) is 1. The molecular weight excluding hydrogens is 502 g/mol. The Morgan fingerprint density at radius 2 is 1.91 bits per heavy atom. The zero-order valence-electron chi connectivity index (χ0n) is 19.6. The molecule has 13 heteroatoms. The molecule has 0 saturated carbocycles. The number of aliphatic carboxylic acids is 1. The number of hydrogen-bond acceptors (Lipinski definition) is 7. The SMILES string of the molecule is CCC(=O)[C@]1(CC(=O)O)CC(=O)OB([C@H](CC(C)C)NC(=O)CNC(=O)c2cc(Cl)ccc2Cl)O1. The van der Waals surface area contributed by atoms with Crippen molar-refractivity contribution in [2.45, 2.75) is 58.0 Å². The van der Waals surface area contributed by atoms with E-state index in [9.17, 15) is 29.1 Å². The first-order valence-corrected chi connectivity index (χ1v) is 11.8. The van der Waals surface area contributed by atoms with Crippen molar-refractivity contribution in [1.82, 2.24) is 10.6 Å². The van der Waals surface area contributed by atoms with E-state index in [1.54, 1.807) is 0 Å². The van der Waals surface area contributed by atoms with Crippen molar-refractivity contribution in [3.8, 4) is 0 Å². The van der Waals surface area contributed by atoms with Gasteiger partial charge in [-0.2, -0.15) is 0 Å². The molecule has 2 atom stereocenters. The predicted octanol–water partition coefficient (Wildman–Crippen LogP) is 2.44. The van der Waals surface area contributed by atoms with E-state index in [0.717, 1.165) is 0 Å². The number of carbonyl (C=O) groups excluding carboxylic acids is 4. The summed E-state index contributed by atoms with van der Waals surface area (Å²) in [5.41, 5.74) is -1.80. The number of carbonyl (C=O) groups is 5. The van der Waals surface area contributed by atoms with Crippen LogP contribution in [0.1, 0.15) is 56.8 Å². The Kier molecular flexibility index (Phi) is 10.1. The van der Waals surface area contributed by atoms with Gasteiger partial charge in [-0.25, -0.2) is 0 Å². The monoisotopic (exact) mass is 528 g/mol. The third kappa shape index (κ3) is 7.94. The Bertz CT molecular complexity index is 1000. The van der Waals surface area contributed by atoms with Crippen molar-refractivity contribution in [3.05, 3.63) is 33.8 Å². The first-order chi connectivity index (χ1) is 16.4. The van der Waals surface area contributed by atoms with Gasteiger partial charge >= 0.3 is 13.1 Å². The van der Waals surface area contributed by atoms with Crippen LogP contribution in [0.4, 0.5) is 0 Å². The summed E-state index contributed by atoms with van der Waals surface area (Å²) in [4.78, 5) is 61.4. The number of Topliss-reactive ketones (excluding diaryl/α,β-unsaturated/α-hetero) is 1. The van der Waals surface area contributed by atoms with Gasteiger partial charge in [0.25, 0.3) is 11.9 Å². The molecule has 1 aliphatic rings. The smallest absolute Gasteiger partial charge is 0.508 e. The molecule has 1 aromatic rings. The molecule has 1 fully saturated rings. The van der Waals surface area contributed by atoms with Gasteiger partial charge in [-0.15, -0.1) is 0 Å². The van der Waals surface area contributed by atoms with Gasteiger partial charge in [0.2, 0.25) is 5.91 Å². The second-order valence-corrected chi connectivity index (χ2v) is 9.45. The molecule has 0 aliphatic carbocycles. The van der Waals surface area contributed by atoms with Crippen LogP contribution in [0.2, 0.25) is 10.0 Å². The summed E-state index contributed by atoms with van der Waals surface area (Å²) in [6.45, 7) is 4.81. The first-order valence-electron chi connectivity index (χ1n) is 11.0. The highest BCUT2D eigenvalue weighted by Gasteiger charge is 2.53. The second-order valence-electron chi connectivity index (χ2n) is 8.60. The molecule has 0 bridgehead atoms. The highest BCUT2D eigenvalue weighted by atomic mass is 35.5. The molecule has 35 heavy (non-hydrogen) atoms. The lowest BCUT2D eigenvalue weighted by Gasteiger charge is -2.39. The molecule has 190 valence electrons. The minimum atomic E-state index is -1.89. The highest BCUT2D eigenvalue weighted by Crippen LogP contribution is 2.31. The van der Waals surface area contributed by atoms with Gasteiger partial charge in [-0.05, 0) is 30.5 Å². The van der Waals surface area contributed by atoms with Crippen LogP contribution < -0.4 is 10.6 Å². The topological polar surface area (TPSA) is 148 Å². The average Bonchev–Trinajstić information content (AvgIpc) is 2.76. The van der Waals surface area contributed by atoms with Crippen molar-refractivity contribution >= 4 is 59.9 Å². The standard InChI is InChI=1S/C22H27BCl2N2O8/c1-4-16(28)22(9-19(30)31)10-20(32)34-23(35-22)17(7-12(2)3)27-18(29)11-26-21(33)14-8-13(24)5-6-15(14)25/h5-6,8,12,17H,4,7,9-11H2,1-3H3,(H,26,33)(H,27,29)(H,30,31)/t17-,22-/m0/s1. The van der Waals surface area contributed by atoms with E-state index in [1.807, 2.05) is 13.8 Å². The zero-order valence-corrected chi connectivity index (χ0v) is 21.1. The summed E-state index contributed by atoms with van der Waals surface area (Å²) < 4.78 is 11.1. The molecule has 0 radical (unpaired) electrons. The van der Waals surface area contributed by atoms with E-state index in [0.29, 0.717) is 5.02 Å². The van der Waals surface area contributed by atoms with Crippen molar-refractivity contribution in [3.63, 3.8) is 0 Å². The van der Waals surface area contributed by atoms with Gasteiger partial charge in [-0.3, -0.25) is 24.0 Å².